The summed E-state index contributed by atoms with van der Waals surface area (Å²) in [5.41, 5.74) is 0.185. The summed E-state index contributed by atoms with van der Waals surface area (Å²) < 4.78 is 28.3. The van der Waals surface area contributed by atoms with Crippen LogP contribution in [0.5, 0.6) is 0 Å². The molecule has 0 spiro atoms. The highest BCUT2D eigenvalue weighted by atomic mass is 32.2. The molecule has 0 amide bonds. The molecule has 1 N–H and O–H groups in total. The molecule has 0 unspecified atom stereocenters. The standard InChI is InChI=1S/C18H13N7O4S/c19-7-9-23-12-13(10-21-23)22-17-15-6-8-24(18(15)20-11-16(17)25(26)27)30(28,29)14-4-2-1-3-5-14/h1-6,8,10-12H,9H2,(H,20,22). The van der Waals surface area contributed by atoms with Crippen molar-refractivity contribution < 1.29 is 13.3 Å². The Labute approximate surface area is 170 Å². The predicted octanol–water partition coefficient (Wildman–Crippen LogP) is 2.65. The molecule has 4 rings (SSSR count). The van der Waals surface area contributed by atoms with E-state index in [0.717, 1.165) is 10.2 Å². The Morgan fingerprint density at radius 2 is 1.97 bits per heavy atom. The summed E-state index contributed by atoms with van der Waals surface area (Å²) in [5.74, 6) is 0. The van der Waals surface area contributed by atoms with Crippen LogP contribution in [0.4, 0.5) is 17.1 Å². The average molecular weight is 423 g/mol. The number of anilines is 2. The third-order valence-corrected chi connectivity index (χ3v) is 5.97. The second kappa shape index (κ2) is 7.30. The van der Waals surface area contributed by atoms with Gasteiger partial charge in [0.1, 0.15) is 18.4 Å². The van der Waals surface area contributed by atoms with Crippen molar-refractivity contribution in [2.24, 2.45) is 0 Å². The van der Waals surface area contributed by atoms with Crippen LogP contribution in [-0.4, -0.2) is 32.1 Å². The molecule has 11 nitrogen and oxygen atoms in total. The van der Waals surface area contributed by atoms with E-state index < -0.39 is 14.9 Å². The molecule has 0 saturated carbocycles. The van der Waals surface area contributed by atoms with Crippen molar-refractivity contribution in [1.82, 2.24) is 18.7 Å². The highest BCUT2D eigenvalue weighted by Gasteiger charge is 2.25. The third kappa shape index (κ3) is 3.23. The number of hydrogen-bond acceptors (Lipinski definition) is 8. The molecule has 1 aromatic carbocycles. The van der Waals surface area contributed by atoms with Gasteiger partial charge in [-0.1, -0.05) is 18.2 Å². The molecule has 0 fully saturated rings. The zero-order valence-corrected chi connectivity index (χ0v) is 16.0. The number of nitrogens with one attached hydrogen (secondary N) is 1. The summed E-state index contributed by atoms with van der Waals surface area (Å²) in [7, 11) is -3.94. The van der Waals surface area contributed by atoms with E-state index in [9.17, 15) is 18.5 Å². The smallest absolute Gasteiger partial charge is 0.311 e. The van der Waals surface area contributed by atoms with Crippen LogP contribution in [0.2, 0.25) is 0 Å². The van der Waals surface area contributed by atoms with Crippen LogP contribution >= 0.6 is 0 Å². The number of nitrogens with zero attached hydrogens (tertiary/aromatic N) is 6. The van der Waals surface area contributed by atoms with E-state index in [1.165, 1.54) is 41.5 Å². The Bertz CT molecular complexity index is 1400. The maximum atomic E-state index is 13.0. The van der Waals surface area contributed by atoms with Gasteiger partial charge in [-0.15, -0.1) is 0 Å². The van der Waals surface area contributed by atoms with Gasteiger partial charge in [0.25, 0.3) is 10.0 Å². The molecule has 4 aromatic rings. The van der Waals surface area contributed by atoms with Crippen molar-refractivity contribution >= 4 is 38.1 Å². The molecule has 3 aromatic heterocycles. The molecule has 12 heteroatoms. The minimum absolute atomic E-state index is 0.0151. The molecule has 3 heterocycles. The minimum Gasteiger partial charge on any atom is -0.347 e. The molecule has 0 radical (unpaired) electrons. The zero-order chi connectivity index (χ0) is 21.3. The topological polar surface area (TPSA) is 149 Å². The molecule has 0 atom stereocenters. The highest BCUT2D eigenvalue weighted by molar-refractivity contribution is 7.90. The number of pyridine rings is 1. The average Bonchev–Trinajstić information content (AvgIpc) is 3.36. The lowest BCUT2D eigenvalue weighted by molar-refractivity contribution is -0.384. The number of nitro groups is 1. The fourth-order valence-electron chi connectivity index (χ4n) is 2.95. The van der Waals surface area contributed by atoms with Crippen LogP contribution in [0.25, 0.3) is 11.0 Å². The fourth-order valence-corrected chi connectivity index (χ4v) is 4.28. The van der Waals surface area contributed by atoms with E-state index in [-0.39, 0.29) is 33.8 Å². The predicted molar refractivity (Wildman–Crippen MR) is 107 cm³/mol. The summed E-state index contributed by atoms with van der Waals surface area (Å²) in [6.07, 6.45) is 5.22. The molecule has 0 aliphatic carbocycles. The Hall–Kier alpha value is -4.24. The lowest BCUT2D eigenvalue weighted by Crippen LogP contribution is -2.12. The largest absolute Gasteiger partial charge is 0.347 e. The van der Waals surface area contributed by atoms with Gasteiger partial charge >= 0.3 is 5.69 Å². The number of rotatable bonds is 6. The van der Waals surface area contributed by atoms with E-state index in [2.05, 4.69) is 15.4 Å². The Balaban J connectivity index is 1.86. The van der Waals surface area contributed by atoms with Crippen molar-refractivity contribution in [2.45, 2.75) is 11.4 Å². The maximum Gasteiger partial charge on any atom is 0.311 e. The molecule has 150 valence electrons. The Morgan fingerprint density at radius 1 is 1.20 bits per heavy atom. The van der Waals surface area contributed by atoms with Gasteiger partial charge in [-0.3, -0.25) is 14.8 Å². The molecular formula is C18H13N7O4S. The summed E-state index contributed by atoms with van der Waals surface area (Å²) in [5, 5.41) is 27.4. The van der Waals surface area contributed by atoms with Gasteiger partial charge in [0.15, 0.2) is 5.65 Å². The van der Waals surface area contributed by atoms with Gasteiger partial charge in [-0.25, -0.2) is 17.4 Å². The molecule has 30 heavy (non-hydrogen) atoms. The second-order valence-corrected chi connectivity index (χ2v) is 7.97. The van der Waals surface area contributed by atoms with Gasteiger partial charge in [-0.2, -0.15) is 10.4 Å². The molecule has 0 aliphatic rings. The monoisotopic (exact) mass is 423 g/mol. The lowest BCUT2D eigenvalue weighted by Gasteiger charge is -2.09. The first-order valence-corrected chi connectivity index (χ1v) is 9.97. The van der Waals surface area contributed by atoms with Crippen molar-refractivity contribution in [1.29, 1.82) is 5.26 Å². The zero-order valence-electron chi connectivity index (χ0n) is 15.2. The third-order valence-electron chi connectivity index (χ3n) is 4.29. The first-order chi connectivity index (χ1) is 14.4. The number of fused-ring (bicyclic) bond motifs is 1. The summed E-state index contributed by atoms with van der Waals surface area (Å²) >= 11 is 0. The van der Waals surface area contributed by atoms with E-state index in [1.807, 2.05) is 6.07 Å². The normalized spacial score (nSPS) is 11.3. The molecular weight excluding hydrogens is 410 g/mol. The number of aromatic nitrogens is 4. The van der Waals surface area contributed by atoms with E-state index in [4.69, 9.17) is 5.26 Å². The van der Waals surface area contributed by atoms with Crippen LogP contribution in [0.15, 0.2) is 66.1 Å². The van der Waals surface area contributed by atoms with Crippen LogP contribution in [0.1, 0.15) is 0 Å². The van der Waals surface area contributed by atoms with Gasteiger partial charge < -0.3 is 5.32 Å². The number of hydrogen-bond donors (Lipinski definition) is 1. The van der Waals surface area contributed by atoms with E-state index in [0.29, 0.717) is 5.69 Å². The summed E-state index contributed by atoms with van der Waals surface area (Å²) in [6, 6.07) is 11.2. The highest BCUT2D eigenvalue weighted by Crippen LogP contribution is 2.35. The fraction of sp³-hybridized carbons (Fsp3) is 0.0556. The minimum atomic E-state index is -3.94. The van der Waals surface area contributed by atoms with Crippen LogP contribution in [0, 0.1) is 21.4 Å². The molecule has 0 bridgehead atoms. The summed E-state index contributed by atoms with van der Waals surface area (Å²) in [6.45, 7) is 0.0151. The van der Waals surface area contributed by atoms with Crippen molar-refractivity contribution in [3.8, 4) is 6.07 Å². The first-order valence-electron chi connectivity index (χ1n) is 8.53. The quantitative estimate of drug-likeness (QED) is 0.367. The Kier molecular flexibility index (Phi) is 4.65. The van der Waals surface area contributed by atoms with Crippen LogP contribution in [0.3, 0.4) is 0 Å². The molecule has 0 aliphatic heterocycles. The number of nitriles is 1. The van der Waals surface area contributed by atoms with Crippen molar-refractivity contribution in [2.75, 3.05) is 5.32 Å². The van der Waals surface area contributed by atoms with E-state index in [1.54, 1.807) is 18.2 Å². The van der Waals surface area contributed by atoms with Crippen LogP contribution in [-0.2, 0) is 16.6 Å². The van der Waals surface area contributed by atoms with Gasteiger partial charge in [0.2, 0.25) is 0 Å². The first kappa shape index (κ1) is 19.1. The van der Waals surface area contributed by atoms with E-state index >= 15 is 0 Å². The van der Waals surface area contributed by atoms with Gasteiger partial charge in [-0.05, 0) is 18.2 Å². The van der Waals surface area contributed by atoms with Gasteiger partial charge in [0, 0.05) is 12.4 Å². The van der Waals surface area contributed by atoms with Crippen molar-refractivity contribution in [3.05, 3.63) is 71.3 Å². The number of benzene rings is 1. The second-order valence-electron chi connectivity index (χ2n) is 6.15. The Morgan fingerprint density at radius 3 is 2.67 bits per heavy atom. The van der Waals surface area contributed by atoms with Crippen molar-refractivity contribution in [3.63, 3.8) is 0 Å². The lowest BCUT2D eigenvalue weighted by atomic mass is 10.2. The summed E-state index contributed by atoms with van der Waals surface area (Å²) in [4.78, 5) is 15.0. The van der Waals surface area contributed by atoms with Gasteiger partial charge in [0.05, 0.1) is 33.2 Å². The molecule has 0 saturated heterocycles. The SMILES string of the molecule is N#CCn1cc(Nc2c([N+](=O)[O-])cnc3c2ccn3S(=O)(=O)c2ccccc2)cn1. The maximum absolute atomic E-state index is 13.0. The van der Waals surface area contributed by atoms with Crippen LogP contribution < -0.4 is 5.32 Å².